The third kappa shape index (κ3) is 5.35. The Kier molecular flexibility index (Phi) is 5.94. The molecular weight excluding hydrogens is 276 g/mol. The minimum absolute atomic E-state index is 0.107. The van der Waals surface area contributed by atoms with Gasteiger partial charge in [-0.25, -0.2) is 14.4 Å². The molecule has 0 radical (unpaired) electrons. The Balaban J connectivity index is 2.79. The standard InChI is InChI=1S/C14H16N2O5/c1-2-3-4-5-15-14(21)16-11-7-9(12(17)18)6-10(8-11)13(19)20/h2-3,6-8H,4-5H2,1H3,(H,17,18)(H,19,20)(H2,15,16,21)/b3-2+. The van der Waals surface area contributed by atoms with Crippen LogP contribution in [0.5, 0.6) is 0 Å². The zero-order chi connectivity index (χ0) is 15.8. The van der Waals surface area contributed by atoms with E-state index in [0.29, 0.717) is 13.0 Å². The summed E-state index contributed by atoms with van der Waals surface area (Å²) < 4.78 is 0. The fourth-order valence-electron chi connectivity index (χ4n) is 1.56. The summed E-state index contributed by atoms with van der Waals surface area (Å²) in [4.78, 5) is 33.5. The summed E-state index contributed by atoms with van der Waals surface area (Å²) in [5, 5.41) is 22.8. The lowest BCUT2D eigenvalue weighted by molar-refractivity contribution is 0.0696. The number of benzene rings is 1. The van der Waals surface area contributed by atoms with Crippen LogP contribution >= 0.6 is 0 Å². The third-order valence-corrected chi connectivity index (χ3v) is 2.52. The number of amides is 2. The minimum Gasteiger partial charge on any atom is -0.478 e. The van der Waals surface area contributed by atoms with Crippen molar-refractivity contribution in [2.24, 2.45) is 0 Å². The van der Waals surface area contributed by atoms with Gasteiger partial charge >= 0.3 is 18.0 Å². The SMILES string of the molecule is C/C=C/CCNC(=O)Nc1cc(C(=O)O)cc(C(=O)O)c1. The van der Waals surface area contributed by atoms with E-state index in [1.54, 1.807) is 0 Å². The molecule has 0 spiro atoms. The summed E-state index contributed by atoms with van der Waals surface area (Å²) in [6.07, 6.45) is 4.41. The van der Waals surface area contributed by atoms with E-state index < -0.39 is 18.0 Å². The predicted molar refractivity (Wildman–Crippen MR) is 76.8 cm³/mol. The van der Waals surface area contributed by atoms with Crippen LogP contribution in [0.15, 0.2) is 30.4 Å². The first-order chi connectivity index (χ1) is 9.93. The molecule has 0 saturated heterocycles. The van der Waals surface area contributed by atoms with Crippen molar-refractivity contribution < 1.29 is 24.6 Å². The van der Waals surface area contributed by atoms with Crippen molar-refractivity contribution >= 4 is 23.7 Å². The molecule has 0 aliphatic carbocycles. The number of carbonyl (C=O) groups is 3. The topological polar surface area (TPSA) is 116 Å². The Labute approximate surface area is 121 Å². The number of hydrogen-bond acceptors (Lipinski definition) is 3. The van der Waals surface area contributed by atoms with Crippen molar-refractivity contribution in [2.45, 2.75) is 13.3 Å². The van der Waals surface area contributed by atoms with Crippen LogP contribution < -0.4 is 10.6 Å². The maximum absolute atomic E-state index is 11.6. The van der Waals surface area contributed by atoms with Gasteiger partial charge in [0.1, 0.15) is 0 Å². The molecule has 0 atom stereocenters. The van der Waals surface area contributed by atoms with E-state index in [0.717, 1.165) is 6.07 Å². The number of allylic oxidation sites excluding steroid dienone is 1. The smallest absolute Gasteiger partial charge is 0.335 e. The maximum atomic E-state index is 11.6. The zero-order valence-corrected chi connectivity index (χ0v) is 11.4. The molecule has 0 bridgehead atoms. The van der Waals surface area contributed by atoms with Crippen molar-refractivity contribution in [3.05, 3.63) is 41.5 Å². The Bertz CT molecular complexity index is 548. The van der Waals surface area contributed by atoms with E-state index in [9.17, 15) is 14.4 Å². The van der Waals surface area contributed by atoms with Crippen molar-refractivity contribution in [3.63, 3.8) is 0 Å². The summed E-state index contributed by atoms with van der Waals surface area (Å²) in [6.45, 7) is 2.28. The number of carboxylic acid groups (broad SMARTS) is 2. The normalized spacial score (nSPS) is 10.3. The highest BCUT2D eigenvalue weighted by Crippen LogP contribution is 2.15. The van der Waals surface area contributed by atoms with Gasteiger partial charge in [-0.15, -0.1) is 0 Å². The molecule has 21 heavy (non-hydrogen) atoms. The van der Waals surface area contributed by atoms with Crippen LogP contribution in [0.3, 0.4) is 0 Å². The quantitative estimate of drug-likeness (QED) is 0.473. The first-order valence-electron chi connectivity index (χ1n) is 6.21. The molecule has 7 nitrogen and oxygen atoms in total. The molecule has 1 rings (SSSR count). The second-order valence-corrected chi connectivity index (χ2v) is 4.15. The molecule has 1 aromatic carbocycles. The van der Waals surface area contributed by atoms with Gasteiger partial charge in [-0.05, 0) is 31.5 Å². The maximum Gasteiger partial charge on any atom is 0.335 e. The van der Waals surface area contributed by atoms with Gasteiger partial charge in [-0.1, -0.05) is 12.2 Å². The van der Waals surface area contributed by atoms with Crippen molar-refractivity contribution in [1.82, 2.24) is 5.32 Å². The minimum atomic E-state index is -1.27. The highest BCUT2D eigenvalue weighted by Gasteiger charge is 2.12. The van der Waals surface area contributed by atoms with Crippen molar-refractivity contribution in [3.8, 4) is 0 Å². The van der Waals surface area contributed by atoms with Gasteiger partial charge in [0.15, 0.2) is 0 Å². The summed E-state index contributed by atoms with van der Waals surface area (Å²) >= 11 is 0. The van der Waals surface area contributed by atoms with E-state index in [4.69, 9.17) is 10.2 Å². The summed E-state index contributed by atoms with van der Waals surface area (Å²) in [7, 11) is 0. The van der Waals surface area contributed by atoms with Gasteiger partial charge in [0.05, 0.1) is 11.1 Å². The van der Waals surface area contributed by atoms with Gasteiger partial charge in [-0.3, -0.25) is 0 Å². The lowest BCUT2D eigenvalue weighted by atomic mass is 10.1. The summed E-state index contributed by atoms with van der Waals surface area (Å²) in [5.41, 5.74) is -0.311. The van der Waals surface area contributed by atoms with Gasteiger partial charge in [-0.2, -0.15) is 0 Å². The summed E-state index contributed by atoms with van der Waals surface area (Å²) in [6, 6.07) is 2.89. The molecule has 0 unspecified atom stereocenters. The monoisotopic (exact) mass is 292 g/mol. The summed E-state index contributed by atoms with van der Waals surface area (Å²) in [5.74, 6) is -2.54. The fraction of sp³-hybridized carbons (Fsp3) is 0.214. The van der Waals surface area contributed by atoms with Crippen LogP contribution in [0.2, 0.25) is 0 Å². The van der Waals surface area contributed by atoms with Crippen LogP contribution in [0.4, 0.5) is 10.5 Å². The Morgan fingerprint density at radius 1 is 1.10 bits per heavy atom. The number of anilines is 1. The molecule has 0 fully saturated rings. The predicted octanol–water partition coefficient (Wildman–Crippen LogP) is 2.17. The number of aromatic carboxylic acids is 2. The molecule has 7 heteroatoms. The first-order valence-corrected chi connectivity index (χ1v) is 6.21. The number of urea groups is 1. The van der Waals surface area contributed by atoms with Crippen LogP contribution in [0, 0.1) is 0 Å². The van der Waals surface area contributed by atoms with E-state index >= 15 is 0 Å². The van der Waals surface area contributed by atoms with Gasteiger partial charge in [0, 0.05) is 12.2 Å². The zero-order valence-electron chi connectivity index (χ0n) is 11.4. The molecule has 0 saturated carbocycles. The van der Waals surface area contributed by atoms with Crippen LogP contribution in [0.1, 0.15) is 34.1 Å². The number of carbonyl (C=O) groups excluding carboxylic acids is 1. The molecular formula is C14H16N2O5. The number of nitrogens with one attached hydrogen (secondary N) is 2. The molecule has 2 amide bonds. The lowest BCUT2D eigenvalue weighted by Gasteiger charge is -2.08. The second kappa shape index (κ2) is 7.68. The highest BCUT2D eigenvalue weighted by molar-refractivity contribution is 5.98. The molecule has 0 heterocycles. The lowest BCUT2D eigenvalue weighted by Crippen LogP contribution is -2.29. The van der Waals surface area contributed by atoms with Crippen molar-refractivity contribution in [1.29, 1.82) is 0 Å². The largest absolute Gasteiger partial charge is 0.478 e. The number of carboxylic acids is 2. The Morgan fingerprint density at radius 2 is 1.67 bits per heavy atom. The number of hydrogen-bond donors (Lipinski definition) is 4. The molecule has 4 N–H and O–H groups in total. The molecule has 0 aromatic heterocycles. The van der Waals surface area contributed by atoms with Crippen LogP contribution in [-0.2, 0) is 0 Å². The third-order valence-electron chi connectivity index (χ3n) is 2.52. The van der Waals surface area contributed by atoms with Gasteiger partial charge < -0.3 is 20.8 Å². The fourth-order valence-corrected chi connectivity index (χ4v) is 1.56. The molecule has 1 aromatic rings. The first kappa shape index (κ1) is 16.2. The van der Waals surface area contributed by atoms with E-state index in [1.807, 2.05) is 19.1 Å². The van der Waals surface area contributed by atoms with Gasteiger partial charge in [0.2, 0.25) is 0 Å². The molecule has 0 aliphatic rings. The Hall–Kier alpha value is -2.83. The van der Waals surface area contributed by atoms with Crippen LogP contribution in [0.25, 0.3) is 0 Å². The number of rotatable bonds is 6. The van der Waals surface area contributed by atoms with E-state index in [1.165, 1.54) is 12.1 Å². The van der Waals surface area contributed by atoms with Gasteiger partial charge in [0.25, 0.3) is 0 Å². The molecule has 0 aliphatic heterocycles. The van der Waals surface area contributed by atoms with E-state index in [-0.39, 0.29) is 16.8 Å². The highest BCUT2D eigenvalue weighted by atomic mass is 16.4. The Morgan fingerprint density at radius 3 is 2.14 bits per heavy atom. The average molecular weight is 292 g/mol. The molecule has 112 valence electrons. The second-order valence-electron chi connectivity index (χ2n) is 4.15. The van der Waals surface area contributed by atoms with Crippen molar-refractivity contribution in [2.75, 3.05) is 11.9 Å². The van der Waals surface area contributed by atoms with Crippen LogP contribution in [-0.4, -0.2) is 34.7 Å². The van der Waals surface area contributed by atoms with E-state index in [2.05, 4.69) is 10.6 Å². The average Bonchev–Trinajstić information content (AvgIpc) is 2.43.